The number of carbonyl (C=O) groups is 1. The first-order valence-electron chi connectivity index (χ1n) is 10.2. The summed E-state index contributed by atoms with van der Waals surface area (Å²) in [6.45, 7) is 12.4. The van der Waals surface area contributed by atoms with E-state index in [9.17, 15) is 4.79 Å². The van der Waals surface area contributed by atoms with Gasteiger partial charge in [0.2, 0.25) is 5.91 Å². The standard InChI is InChI=1S/C21H30N6O/c1-16-5-4-6-19(13-16)25-11-9-24(10-12-25)8-7-21(28)26-14-17(2)27-18(3)22-23-20(27)15-26/h4-6,13,17H,7-12,14-15H2,1-3H3/t17-/m0/s1. The van der Waals surface area contributed by atoms with Gasteiger partial charge in [0, 0.05) is 51.4 Å². The Bertz CT molecular complexity index is 839. The number of piperazine rings is 1. The summed E-state index contributed by atoms with van der Waals surface area (Å²) >= 11 is 0. The van der Waals surface area contributed by atoms with Crippen LogP contribution in [0.25, 0.3) is 0 Å². The van der Waals surface area contributed by atoms with Crippen molar-refractivity contribution >= 4 is 11.6 Å². The lowest BCUT2D eigenvalue weighted by Gasteiger charge is -2.37. The molecule has 7 heteroatoms. The monoisotopic (exact) mass is 382 g/mol. The second kappa shape index (κ2) is 7.91. The summed E-state index contributed by atoms with van der Waals surface area (Å²) in [5.41, 5.74) is 2.60. The number of anilines is 1. The largest absolute Gasteiger partial charge is 0.369 e. The van der Waals surface area contributed by atoms with Gasteiger partial charge in [-0.05, 0) is 38.5 Å². The molecule has 7 nitrogen and oxygen atoms in total. The highest BCUT2D eigenvalue weighted by Crippen LogP contribution is 2.22. The summed E-state index contributed by atoms with van der Waals surface area (Å²) in [5, 5.41) is 8.40. The molecule has 1 aromatic heterocycles. The fourth-order valence-corrected chi connectivity index (χ4v) is 4.39. The SMILES string of the molecule is Cc1cccc(N2CCN(CCC(=O)N3Cc4nnc(C)n4[C@@H](C)C3)CC2)c1. The fourth-order valence-electron chi connectivity index (χ4n) is 4.39. The van der Waals surface area contributed by atoms with Crippen LogP contribution in [-0.4, -0.2) is 69.7 Å². The van der Waals surface area contributed by atoms with Crippen molar-refractivity contribution in [3.05, 3.63) is 41.5 Å². The average molecular weight is 383 g/mol. The first-order valence-corrected chi connectivity index (χ1v) is 10.2. The minimum Gasteiger partial charge on any atom is -0.369 e. The van der Waals surface area contributed by atoms with E-state index in [4.69, 9.17) is 0 Å². The van der Waals surface area contributed by atoms with Gasteiger partial charge >= 0.3 is 0 Å². The lowest BCUT2D eigenvalue weighted by atomic mass is 10.2. The Morgan fingerprint density at radius 2 is 1.93 bits per heavy atom. The molecule has 28 heavy (non-hydrogen) atoms. The predicted octanol–water partition coefficient (Wildman–Crippen LogP) is 2.01. The van der Waals surface area contributed by atoms with Crippen LogP contribution in [0.4, 0.5) is 5.69 Å². The number of hydrogen-bond acceptors (Lipinski definition) is 5. The van der Waals surface area contributed by atoms with Gasteiger partial charge in [-0.1, -0.05) is 12.1 Å². The van der Waals surface area contributed by atoms with Gasteiger partial charge in [0.25, 0.3) is 0 Å². The molecule has 4 rings (SSSR count). The van der Waals surface area contributed by atoms with Crippen molar-refractivity contribution in [1.29, 1.82) is 0 Å². The van der Waals surface area contributed by atoms with Gasteiger partial charge < -0.3 is 14.4 Å². The van der Waals surface area contributed by atoms with Gasteiger partial charge in [-0.2, -0.15) is 0 Å². The van der Waals surface area contributed by atoms with Crippen LogP contribution in [0.2, 0.25) is 0 Å². The van der Waals surface area contributed by atoms with E-state index in [2.05, 4.69) is 62.7 Å². The second-order valence-corrected chi connectivity index (χ2v) is 8.07. The van der Waals surface area contributed by atoms with E-state index in [0.717, 1.165) is 50.9 Å². The zero-order chi connectivity index (χ0) is 19.7. The maximum atomic E-state index is 12.8. The van der Waals surface area contributed by atoms with Crippen molar-refractivity contribution < 1.29 is 4.79 Å². The van der Waals surface area contributed by atoms with Gasteiger partial charge in [-0.3, -0.25) is 9.69 Å². The number of aromatic nitrogens is 3. The third kappa shape index (κ3) is 3.90. The quantitative estimate of drug-likeness (QED) is 0.810. The Hall–Kier alpha value is -2.41. The van der Waals surface area contributed by atoms with E-state index < -0.39 is 0 Å². The molecule has 1 atom stereocenters. The molecule has 0 aliphatic carbocycles. The number of fused-ring (bicyclic) bond motifs is 1. The summed E-state index contributed by atoms with van der Waals surface area (Å²) < 4.78 is 2.15. The lowest BCUT2D eigenvalue weighted by Crippen LogP contribution is -2.48. The van der Waals surface area contributed by atoms with Crippen LogP contribution in [0, 0.1) is 13.8 Å². The minimum absolute atomic E-state index is 0.222. The van der Waals surface area contributed by atoms with Gasteiger partial charge in [0.15, 0.2) is 5.82 Å². The van der Waals surface area contributed by atoms with Crippen molar-refractivity contribution in [2.24, 2.45) is 0 Å². The highest BCUT2D eigenvalue weighted by atomic mass is 16.2. The number of aryl methyl sites for hydroxylation is 2. The summed E-state index contributed by atoms with van der Waals surface area (Å²) in [7, 11) is 0. The van der Waals surface area contributed by atoms with Crippen LogP contribution in [0.1, 0.15) is 36.6 Å². The number of rotatable bonds is 4. The first-order chi connectivity index (χ1) is 13.5. The average Bonchev–Trinajstić information content (AvgIpc) is 3.08. The van der Waals surface area contributed by atoms with Crippen LogP contribution < -0.4 is 4.90 Å². The Kier molecular flexibility index (Phi) is 5.35. The van der Waals surface area contributed by atoms with Crippen molar-refractivity contribution in [1.82, 2.24) is 24.6 Å². The molecule has 0 N–H and O–H groups in total. The Balaban J connectivity index is 1.26. The van der Waals surface area contributed by atoms with Crippen LogP contribution in [0.15, 0.2) is 24.3 Å². The summed E-state index contributed by atoms with van der Waals surface area (Å²) in [6.07, 6.45) is 0.574. The molecule has 2 aliphatic heterocycles. The number of nitrogens with zero attached hydrogens (tertiary/aromatic N) is 6. The Morgan fingerprint density at radius 3 is 2.68 bits per heavy atom. The van der Waals surface area contributed by atoms with E-state index in [0.29, 0.717) is 13.0 Å². The zero-order valence-electron chi connectivity index (χ0n) is 17.1. The number of carbonyl (C=O) groups excluding carboxylic acids is 1. The van der Waals surface area contributed by atoms with E-state index in [1.807, 2.05) is 11.8 Å². The maximum Gasteiger partial charge on any atom is 0.224 e. The molecule has 150 valence electrons. The normalized spacial score (nSPS) is 20.3. The molecule has 2 aliphatic rings. The molecular weight excluding hydrogens is 352 g/mol. The molecule has 1 aromatic carbocycles. The maximum absolute atomic E-state index is 12.8. The van der Waals surface area contributed by atoms with Crippen LogP contribution in [0.3, 0.4) is 0 Å². The van der Waals surface area contributed by atoms with Gasteiger partial charge in [-0.25, -0.2) is 0 Å². The van der Waals surface area contributed by atoms with Crippen LogP contribution in [-0.2, 0) is 11.3 Å². The first kappa shape index (κ1) is 18.9. The van der Waals surface area contributed by atoms with Crippen LogP contribution >= 0.6 is 0 Å². The van der Waals surface area contributed by atoms with Crippen molar-refractivity contribution in [3.8, 4) is 0 Å². The molecule has 0 radical (unpaired) electrons. The molecule has 1 saturated heterocycles. The molecule has 3 heterocycles. The fraction of sp³-hybridized carbons (Fsp3) is 0.571. The Labute approximate surface area is 166 Å². The molecular formula is C21H30N6O. The third-order valence-electron chi connectivity index (χ3n) is 5.93. The minimum atomic E-state index is 0.222. The molecule has 0 spiro atoms. The summed E-state index contributed by atoms with van der Waals surface area (Å²) in [4.78, 5) is 19.5. The van der Waals surface area contributed by atoms with Gasteiger partial charge in [-0.15, -0.1) is 10.2 Å². The molecule has 1 fully saturated rings. The van der Waals surface area contributed by atoms with Crippen molar-refractivity contribution in [2.45, 2.75) is 39.8 Å². The van der Waals surface area contributed by atoms with E-state index in [1.165, 1.54) is 11.3 Å². The lowest BCUT2D eigenvalue weighted by molar-refractivity contribution is -0.133. The number of benzene rings is 1. The zero-order valence-corrected chi connectivity index (χ0v) is 17.1. The van der Waals surface area contributed by atoms with E-state index in [-0.39, 0.29) is 11.9 Å². The summed E-state index contributed by atoms with van der Waals surface area (Å²) in [5.74, 6) is 2.05. The smallest absolute Gasteiger partial charge is 0.224 e. The second-order valence-electron chi connectivity index (χ2n) is 8.07. The van der Waals surface area contributed by atoms with Crippen molar-refractivity contribution in [3.63, 3.8) is 0 Å². The van der Waals surface area contributed by atoms with Gasteiger partial charge in [0.1, 0.15) is 5.82 Å². The highest BCUT2D eigenvalue weighted by molar-refractivity contribution is 5.76. The molecule has 2 aromatic rings. The van der Waals surface area contributed by atoms with E-state index >= 15 is 0 Å². The summed E-state index contributed by atoms with van der Waals surface area (Å²) in [6, 6.07) is 8.93. The molecule has 0 unspecified atom stereocenters. The molecule has 0 bridgehead atoms. The van der Waals surface area contributed by atoms with Gasteiger partial charge in [0.05, 0.1) is 12.6 Å². The molecule has 0 saturated carbocycles. The third-order valence-corrected chi connectivity index (χ3v) is 5.93. The Morgan fingerprint density at radius 1 is 1.14 bits per heavy atom. The highest BCUT2D eigenvalue weighted by Gasteiger charge is 2.28. The van der Waals surface area contributed by atoms with Crippen molar-refractivity contribution in [2.75, 3.05) is 44.2 Å². The number of amides is 1. The van der Waals surface area contributed by atoms with E-state index in [1.54, 1.807) is 0 Å². The van der Waals surface area contributed by atoms with Crippen LogP contribution in [0.5, 0.6) is 0 Å². The molecule has 1 amide bonds. The topological polar surface area (TPSA) is 57.5 Å². The number of hydrogen-bond donors (Lipinski definition) is 0. The predicted molar refractivity (Wildman–Crippen MR) is 109 cm³/mol.